The van der Waals surface area contributed by atoms with Gasteiger partial charge in [-0.25, -0.2) is 0 Å². The van der Waals surface area contributed by atoms with Crippen molar-refractivity contribution in [1.29, 1.82) is 0 Å². The summed E-state index contributed by atoms with van der Waals surface area (Å²) in [6, 6.07) is 2.07. The van der Waals surface area contributed by atoms with Crippen LogP contribution in [0.2, 0.25) is 5.02 Å². The zero-order chi connectivity index (χ0) is 14.5. The molecule has 1 aromatic heterocycles. The summed E-state index contributed by atoms with van der Waals surface area (Å²) < 4.78 is 0. The molecule has 0 fully saturated rings. The van der Waals surface area contributed by atoms with Crippen LogP contribution in [0.4, 0.5) is 0 Å². The molecule has 0 saturated heterocycles. The number of aromatic nitrogens is 1. The van der Waals surface area contributed by atoms with Gasteiger partial charge in [0.2, 0.25) is 0 Å². The Kier molecular flexibility index (Phi) is 6.20. The minimum atomic E-state index is -0.0507. The number of pyridine rings is 1. The molecule has 0 aliphatic rings. The number of rotatable bonds is 7. The third-order valence-corrected chi connectivity index (χ3v) is 4.25. The molecule has 1 rings (SSSR count). The summed E-state index contributed by atoms with van der Waals surface area (Å²) in [5.41, 5.74) is 3.96. The lowest BCUT2D eigenvalue weighted by Crippen LogP contribution is -2.60. The highest BCUT2D eigenvalue weighted by atomic mass is 35.5. The molecule has 0 saturated carbocycles. The largest absolute Gasteiger partial charge is 0.297 e. The van der Waals surface area contributed by atoms with E-state index in [4.69, 9.17) is 17.4 Å². The Bertz CT molecular complexity index is 391. The predicted octanol–water partition coefficient (Wildman–Crippen LogP) is 2.23. The molecule has 0 amide bonds. The summed E-state index contributed by atoms with van der Waals surface area (Å²) in [7, 11) is 0. The number of hydrogen-bond acceptors (Lipinski definition) is 4. The SMILES string of the molecule is CCN(CC)C(C)(C)C(Cc1ccncc1Cl)NN. The summed E-state index contributed by atoms with van der Waals surface area (Å²) >= 11 is 6.18. The fourth-order valence-electron chi connectivity index (χ4n) is 2.56. The summed E-state index contributed by atoms with van der Waals surface area (Å²) in [6.45, 7) is 10.7. The molecule has 1 heterocycles. The molecule has 0 aliphatic heterocycles. The number of halogens is 1. The van der Waals surface area contributed by atoms with Crippen LogP contribution in [0, 0.1) is 0 Å². The molecular formula is C14H25ClN4. The normalized spacial score (nSPS) is 13.8. The highest BCUT2D eigenvalue weighted by Gasteiger charge is 2.33. The van der Waals surface area contributed by atoms with Crippen molar-refractivity contribution < 1.29 is 0 Å². The quantitative estimate of drug-likeness (QED) is 0.596. The van der Waals surface area contributed by atoms with Crippen molar-refractivity contribution in [3.63, 3.8) is 0 Å². The van der Waals surface area contributed by atoms with Crippen molar-refractivity contribution in [3.8, 4) is 0 Å². The van der Waals surface area contributed by atoms with E-state index in [0.29, 0.717) is 5.02 Å². The van der Waals surface area contributed by atoms with Crippen molar-refractivity contribution in [1.82, 2.24) is 15.3 Å². The first-order chi connectivity index (χ1) is 8.97. The second kappa shape index (κ2) is 7.20. The maximum Gasteiger partial charge on any atom is 0.0621 e. The highest BCUT2D eigenvalue weighted by Crippen LogP contribution is 2.24. The van der Waals surface area contributed by atoms with Crippen LogP contribution in [-0.4, -0.2) is 34.6 Å². The summed E-state index contributed by atoms with van der Waals surface area (Å²) in [6.07, 6.45) is 4.22. The van der Waals surface area contributed by atoms with Gasteiger partial charge in [0.25, 0.3) is 0 Å². The van der Waals surface area contributed by atoms with Gasteiger partial charge in [-0.2, -0.15) is 0 Å². The fourth-order valence-corrected chi connectivity index (χ4v) is 2.76. The smallest absolute Gasteiger partial charge is 0.0621 e. The molecule has 19 heavy (non-hydrogen) atoms. The number of nitrogens with zero attached hydrogens (tertiary/aromatic N) is 2. The zero-order valence-corrected chi connectivity index (χ0v) is 13.0. The minimum absolute atomic E-state index is 0.0507. The van der Waals surface area contributed by atoms with E-state index in [1.165, 1.54) is 0 Å². The molecule has 1 aromatic rings. The van der Waals surface area contributed by atoms with E-state index >= 15 is 0 Å². The topological polar surface area (TPSA) is 54.2 Å². The highest BCUT2D eigenvalue weighted by molar-refractivity contribution is 6.31. The number of likely N-dealkylation sites (N-methyl/N-ethyl adjacent to an activating group) is 1. The summed E-state index contributed by atoms with van der Waals surface area (Å²) in [5.74, 6) is 5.77. The fraction of sp³-hybridized carbons (Fsp3) is 0.643. The Morgan fingerprint density at radius 3 is 2.53 bits per heavy atom. The molecule has 3 N–H and O–H groups in total. The Balaban J connectivity index is 2.92. The van der Waals surface area contributed by atoms with Crippen LogP contribution < -0.4 is 11.3 Å². The minimum Gasteiger partial charge on any atom is -0.297 e. The van der Waals surface area contributed by atoms with Crippen molar-refractivity contribution in [3.05, 3.63) is 29.0 Å². The third-order valence-electron chi connectivity index (χ3n) is 3.91. The Labute approximate surface area is 121 Å². The van der Waals surface area contributed by atoms with Gasteiger partial charge >= 0.3 is 0 Å². The van der Waals surface area contributed by atoms with Crippen molar-refractivity contribution >= 4 is 11.6 Å². The third kappa shape index (κ3) is 3.89. The van der Waals surface area contributed by atoms with E-state index in [1.807, 2.05) is 6.07 Å². The molecule has 5 heteroatoms. The van der Waals surface area contributed by atoms with Crippen molar-refractivity contribution in [2.75, 3.05) is 13.1 Å². The van der Waals surface area contributed by atoms with Crippen LogP contribution in [0.25, 0.3) is 0 Å². The Morgan fingerprint density at radius 2 is 2.05 bits per heavy atom. The van der Waals surface area contributed by atoms with Crippen LogP contribution in [0.5, 0.6) is 0 Å². The van der Waals surface area contributed by atoms with Gasteiger partial charge in [-0.15, -0.1) is 0 Å². The maximum absolute atomic E-state index is 6.18. The lowest BCUT2D eigenvalue weighted by molar-refractivity contribution is 0.0912. The zero-order valence-electron chi connectivity index (χ0n) is 12.3. The van der Waals surface area contributed by atoms with Gasteiger partial charge in [0.15, 0.2) is 0 Å². The predicted molar refractivity (Wildman–Crippen MR) is 81.1 cm³/mol. The molecule has 0 bridgehead atoms. The Hall–Kier alpha value is -0.680. The average molecular weight is 285 g/mol. The van der Waals surface area contributed by atoms with Gasteiger partial charge in [0, 0.05) is 24.0 Å². The number of nitrogens with one attached hydrogen (secondary N) is 1. The van der Waals surface area contributed by atoms with Gasteiger partial charge in [0.05, 0.1) is 5.02 Å². The standard InChI is InChI=1S/C14H25ClN4/c1-5-19(6-2)14(3,4)13(18-16)9-11-7-8-17-10-12(11)15/h7-8,10,13,18H,5-6,9,16H2,1-4H3. The van der Waals surface area contributed by atoms with E-state index in [1.54, 1.807) is 12.4 Å². The van der Waals surface area contributed by atoms with E-state index < -0.39 is 0 Å². The summed E-state index contributed by atoms with van der Waals surface area (Å²) in [4.78, 5) is 6.41. The molecule has 0 aliphatic carbocycles. The molecule has 1 unspecified atom stereocenters. The van der Waals surface area contributed by atoms with Crippen molar-refractivity contribution in [2.24, 2.45) is 5.84 Å². The van der Waals surface area contributed by atoms with Crippen molar-refractivity contribution in [2.45, 2.75) is 45.7 Å². The van der Waals surface area contributed by atoms with Gasteiger partial charge in [0.1, 0.15) is 0 Å². The second-order valence-electron chi connectivity index (χ2n) is 5.22. The van der Waals surface area contributed by atoms with Crippen LogP contribution >= 0.6 is 11.6 Å². The number of hydrazine groups is 1. The van der Waals surface area contributed by atoms with Crippen LogP contribution in [0.1, 0.15) is 33.3 Å². The van der Waals surface area contributed by atoms with Gasteiger partial charge in [-0.05, 0) is 45.0 Å². The monoisotopic (exact) mass is 284 g/mol. The summed E-state index contributed by atoms with van der Waals surface area (Å²) in [5, 5.41) is 0.693. The number of hydrogen-bond donors (Lipinski definition) is 2. The van der Waals surface area contributed by atoms with Gasteiger partial charge < -0.3 is 0 Å². The first-order valence-electron chi connectivity index (χ1n) is 6.76. The van der Waals surface area contributed by atoms with E-state index in [2.05, 4.69) is 43.0 Å². The van der Waals surface area contributed by atoms with E-state index in [9.17, 15) is 0 Å². The van der Waals surface area contributed by atoms with Crippen LogP contribution in [0.3, 0.4) is 0 Å². The molecule has 4 nitrogen and oxygen atoms in total. The average Bonchev–Trinajstić information content (AvgIpc) is 2.38. The molecule has 0 radical (unpaired) electrons. The lowest BCUT2D eigenvalue weighted by Gasteiger charge is -2.43. The number of nitrogens with two attached hydrogens (primary N) is 1. The second-order valence-corrected chi connectivity index (χ2v) is 5.62. The molecule has 108 valence electrons. The molecule has 0 spiro atoms. The molecular weight excluding hydrogens is 260 g/mol. The van der Waals surface area contributed by atoms with E-state index in [-0.39, 0.29) is 11.6 Å². The molecule has 0 aromatic carbocycles. The van der Waals surface area contributed by atoms with Gasteiger partial charge in [-0.1, -0.05) is 25.4 Å². The van der Waals surface area contributed by atoms with Crippen LogP contribution in [0.15, 0.2) is 18.5 Å². The van der Waals surface area contributed by atoms with Gasteiger partial charge in [-0.3, -0.25) is 21.2 Å². The maximum atomic E-state index is 6.18. The first-order valence-corrected chi connectivity index (χ1v) is 7.14. The van der Waals surface area contributed by atoms with Crippen LogP contribution in [-0.2, 0) is 6.42 Å². The Morgan fingerprint density at radius 1 is 1.42 bits per heavy atom. The first kappa shape index (κ1) is 16.4. The van der Waals surface area contributed by atoms with E-state index in [0.717, 1.165) is 25.1 Å². The molecule has 1 atom stereocenters. The lowest BCUT2D eigenvalue weighted by atomic mass is 9.88.